The molecule has 1 amide bonds. The number of hydrogen-bond acceptors (Lipinski definition) is 3. The zero-order chi connectivity index (χ0) is 15.3. The predicted molar refractivity (Wildman–Crippen MR) is 81.8 cm³/mol. The van der Waals surface area contributed by atoms with Crippen molar-refractivity contribution in [2.24, 2.45) is 0 Å². The molecule has 1 aromatic heterocycles. The van der Waals surface area contributed by atoms with Crippen LogP contribution in [0.2, 0.25) is 0 Å². The van der Waals surface area contributed by atoms with Crippen LogP contribution in [0.25, 0.3) is 0 Å². The van der Waals surface area contributed by atoms with Gasteiger partial charge in [-0.15, -0.1) is 0 Å². The maximum Gasteiger partial charge on any atom is 0.254 e. The zero-order valence-corrected chi connectivity index (χ0v) is 12.9. The Kier molecular flexibility index (Phi) is 4.95. The van der Waals surface area contributed by atoms with Gasteiger partial charge in [0.25, 0.3) is 5.91 Å². The first-order valence-corrected chi connectivity index (χ1v) is 7.74. The van der Waals surface area contributed by atoms with Crippen LogP contribution in [0.4, 0.5) is 0 Å². The van der Waals surface area contributed by atoms with Crippen molar-refractivity contribution in [3.63, 3.8) is 0 Å². The van der Waals surface area contributed by atoms with E-state index < -0.39 is 5.54 Å². The fourth-order valence-electron chi connectivity index (χ4n) is 2.98. The minimum atomic E-state index is -0.713. The van der Waals surface area contributed by atoms with E-state index in [1.54, 1.807) is 6.07 Å². The normalized spacial score (nSPS) is 18.1. The highest BCUT2D eigenvalue weighted by molar-refractivity contribution is 5.95. The number of hydrogen-bond donors (Lipinski definition) is 1. The fraction of sp³-hybridized carbons (Fsp3) is 0.588. The summed E-state index contributed by atoms with van der Waals surface area (Å²) in [5.74, 6) is -0.179. The van der Waals surface area contributed by atoms with Gasteiger partial charge in [0.15, 0.2) is 0 Å². The van der Waals surface area contributed by atoms with Crippen LogP contribution in [0.15, 0.2) is 12.1 Å². The molecule has 0 spiro atoms. The van der Waals surface area contributed by atoms with Crippen LogP contribution in [0.5, 0.6) is 0 Å². The smallest absolute Gasteiger partial charge is 0.254 e. The third-order valence-electron chi connectivity index (χ3n) is 4.24. The summed E-state index contributed by atoms with van der Waals surface area (Å²) in [5.41, 5.74) is 1.46. The van der Waals surface area contributed by atoms with Gasteiger partial charge in [-0.25, -0.2) is 0 Å². The van der Waals surface area contributed by atoms with Gasteiger partial charge in [-0.1, -0.05) is 32.1 Å². The van der Waals surface area contributed by atoms with Crippen molar-refractivity contribution < 1.29 is 4.79 Å². The first kappa shape index (κ1) is 15.5. The quantitative estimate of drug-likeness (QED) is 0.905. The Morgan fingerprint density at radius 1 is 1.19 bits per heavy atom. The van der Waals surface area contributed by atoms with Gasteiger partial charge >= 0.3 is 0 Å². The molecule has 112 valence electrons. The molecule has 0 bridgehead atoms. The molecule has 0 aliphatic heterocycles. The van der Waals surface area contributed by atoms with E-state index in [2.05, 4.69) is 16.4 Å². The molecule has 0 unspecified atom stereocenters. The summed E-state index contributed by atoms with van der Waals surface area (Å²) >= 11 is 0. The highest BCUT2D eigenvalue weighted by Gasteiger charge is 2.32. The molecule has 0 atom stereocenters. The number of pyridine rings is 1. The largest absolute Gasteiger partial charge is 0.334 e. The summed E-state index contributed by atoms with van der Waals surface area (Å²) in [5, 5.41) is 12.6. The average molecular weight is 285 g/mol. The average Bonchev–Trinajstić information content (AvgIpc) is 2.42. The fourth-order valence-corrected chi connectivity index (χ4v) is 2.98. The van der Waals surface area contributed by atoms with E-state index in [0.717, 1.165) is 44.2 Å². The molecular weight excluding hydrogens is 262 g/mol. The van der Waals surface area contributed by atoms with Crippen LogP contribution in [-0.4, -0.2) is 16.4 Å². The molecule has 0 radical (unpaired) electrons. The SMILES string of the molecule is Cc1ccc(C(=O)NC2(C#N)CCCCCCC2)c(C)n1. The van der Waals surface area contributed by atoms with Crippen molar-refractivity contribution in [3.8, 4) is 6.07 Å². The van der Waals surface area contributed by atoms with Crippen molar-refractivity contribution in [2.75, 3.05) is 0 Å². The van der Waals surface area contributed by atoms with E-state index in [1.165, 1.54) is 6.42 Å². The molecule has 1 N–H and O–H groups in total. The predicted octanol–water partition coefficient (Wildman–Crippen LogP) is 3.43. The molecule has 0 aromatic carbocycles. The number of nitrogens with one attached hydrogen (secondary N) is 1. The van der Waals surface area contributed by atoms with Crippen molar-refractivity contribution in [1.29, 1.82) is 5.26 Å². The van der Waals surface area contributed by atoms with Crippen LogP contribution in [0, 0.1) is 25.2 Å². The molecule has 1 fully saturated rings. The summed E-state index contributed by atoms with van der Waals surface area (Å²) in [4.78, 5) is 16.8. The highest BCUT2D eigenvalue weighted by atomic mass is 16.1. The Morgan fingerprint density at radius 2 is 1.81 bits per heavy atom. The molecule has 4 nitrogen and oxygen atoms in total. The van der Waals surface area contributed by atoms with E-state index in [9.17, 15) is 10.1 Å². The molecular formula is C17H23N3O. The van der Waals surface area contributed by atoms with Crippen LogP contribution < -0.4 is 5.32 Å². The Bertz CT molecular complexity index is 552. The maximum absolute atomic E-state index is 12.5. The molecule has 4 heteroatoms. The first-order chi connectivity index (χ1) is 10.1. The van der Waals surface area contributed by atoms with Gasteiger partial charge in [0.05, 0.1) is 17.3 Å². The van der Waals surface area contributed by atoms with Gasteiger partial charge in [-0.05, 0) is 38.8 Å². The summed E-state index contributed by atoms with van der Waals surface area (Å²) in [7, 11) is 0. The van der Waals surface area contributed by atoms with Crippen LogP contribution in [-0.2, 0) is 0 Å². The van der Waals surface area contributed by atoms with Gasteiger partial charge in [-0.2, -0.15) is 5.26 Å². The molecule has 2 rings (SSSR count). The first-order valence-electron chi connectivity index (χ1n) is 7.74. The van der Waals surface area contributed by atoms with Gasteiger partial charge in [0.1, 0.15) is 5.54 Å². The van der Waals surface area contributed by atoms with E-state index >= 15 is 0 Å². The van der Waals surface area contributed by atoms with E-state index in [0.29, 0.717) is 11.3 Å². The van der Waals surface area contributed by atoms with E-state index in [-0.39, 0.29) is 5.91 Å². The van der Waals surface area contributed by atoms with Gasteiger partial charge in [0, 0.05) is 5.69 Å². The van der Waals surface area contributed by atoms with Crippen LogP contribution in [0.1, 0.15) is 66.7 Å². The molecule has 1 aromatic rings. The number of aromatic nitrogens is 1. The van der Waals surface area contributed by atoms with Crippen molar-refractivity contribution in [1.82, 2.24) is 10.3 Å². The summed E-state index contributed by atoms with van der Waals surface area (Å²) in [6, 6.07) is 5.99. The Hall–Kier alpha value is -1.89. The van der Waals surface area contributed by atoms with Crippen molar-refractivity contribution in [2.45, 2.75) is 64.3 Å². The third kappa shape index (κ3) is 3.81. The maximum atomic E-state index is 12.5. The Balaban J connectivity index is 2.16. The lowest BCUT2D eigenvalue weighted by Crippen LogP contribution is -2.48. The number of aryl methyl sites for hydroxylation is 2. The Morgan fingerprint density at radius 3 is 2.38 bits per heavy atom. The number of rotatable bonds is 2. The van der Waals surface area contributed by atoms with Gasteiger partial charge in [-0.3, -0.25) is 9.78 Å². The second-order valence-electron chi connectivity index (χ2n) is 6.00. The second-order valence-corrected chi connectivity index (χ2v) is 6.00. The molecule has 0 saturated heterocycles. The minimum absolute atomic E-state index is 0.179. The van der Waals surface area contributed by atoms with Gasteiger partial charge in [0.2, 0.25) is 0 Å². The standard InChI is InChI=1S/C17H23N3O/c1-13-8-9-15(14(2)19-13)16(21)20-17(12-18)10-6-4-3-5-7-11-17/h8-9H,3-7,10-11H2,1-2H3,(H,20,21). The number of nitriles is 1. The Labute approximate surface area is 126 Å². The van der Waals surface area contributed by atoms with Crippen LogP contribution in [0.3, 0.4) is 0 Å². The van der Waals surface area contributed by atoms with Crippen molar-refractivity contribution >= 4 is 5.91 Å². The number of nitrogens with zero attached hydrogens (tertiary/aromatic N) is 2. The monoisotopic (exact) mass is 285 g/mol. The number of carbonyl (C=O) groups excluding carboxylic acids is 1. The zero-order valence-electron chi connectivity index (χ0n) is 12.9. The molecule has 21 heavy (non-hydrogen) atoms. The second kappa shape index (κ2) is 6.71. The topological polar surface area (TPSA) is 65.8 Å². The lowest BCUT2D eigenvalue weighted by molar-refractivity contribution is 0.0906. The lowest BCUT2D eigenvalue weighted by atomic mass is 9.85. The lowest BCUT2D eigenvalue weighted by Gasteiger charge is -2.30. The van der Waals surface area contributed by atoms with Gasteiger partial charge < -0.3 is 5.32 Å². The van der Waals surface area contributed by atoms with E-state index in [1.807, 2.05) is 19.9 Å². The molecule has 1 heterocycles. The third-order valence-corrected chi connectivity index (χ3v) is 4.24. The number of amides is 1. The summed E-state index contributed by atoms with van der Waals surface area (Å²) < 4.78 is 0. The summed E-state index contributed by atoms with van der Waals surface area (Å²) in [6.07, 6.45) is 7.00. The highest BCUT2D eigenvalue weighted by Crippen LogP contribution is 2.26. The van der Waals surface area contributed by atoms with E-state index in [4.69, 9.17) is 0 Å². The summed E-state index contributed by atoms with van der Waals surface area (Å²) in [6.45, 7) is 3.74. The van der Waals surface area contributed by atoms with Crippen molar-refractivity contribution in [3.05, 3.63) is 29.1 Å². The molecule has 1 aliphatic carbocycles. The molecule has 1 saturated carbocycles. The number of carbonyl (C=O) groups is 1. The van der Waals surface area contributed by atoms with Crippen LogP contribution >= 0.6 is 0 Å². The molecule has 1 aliphatic rings. The minimum Gasteiger partial charge on any atom is -0.334 e.